The molecule has 0 heterocycles. The second kappa shape index (κ2) is 9.08. The Balaban J connectivity index is 2.56. The SMILES string of the molecule is CCC(CC)C(O)CNC(=O)/C=C/c1c(Cl)cccc1Cl. The van der Waals surface area contributed by atoms with Crippen LogP contribution in [0.3, 0.4) is 0 Å². The molecule has 2 N–H and O–H groups in total. The van der Waals surface area contributed by atoms with Crippen molar-refractivity contribution < 1.29 is 9.90 Å². The third-order valence-corrected chi connectivity index (χ3v) is 4.14. The lowest BCUT2D eigenvalue weighted by Gasteiger charge is -2.19. The second-order valence-corrected chi connectivity index (χ2v) is 5.67. The average Bonchev–Trinajstić information content (AvgIpc) is 2.46. The van der Waals surface area contributed by atoms with Crippen molar-refractivity contribution >= 4 is 35.2 Å². The molecule has 116 valence electrons. The van der Waals surface area contributed by atoms with Gasteiger partial charge in [-0.05, 0) is 24.1 Å². The normalized spacial score (nSPS) is 12.9. The number of aliphatic hydroxyl groups excluding tert-OH is 1. The Morgan fingerprint density at radius 2 is 1.86 bits per heavy atom. The van der Waals surface area contributed by atoms with Gasteiger partial charge in [-0.3, -0.25) is 4.79 Å². The van der Waals surface area contributed by atoms with Crippen LogP contribution < -0.4 is 5.32 Å². The predicted molar refractivity (Wildman–Crippen MR) is 88.6 cm³/mol. The zero-order valence-electron chi connectivity index (χ0n) is 12.3. The van der Waals surface area contributed by atoms with Crippen molar-refractivity contribution in [2.24, 2.45) is 5.92 Å². The van der Waals surface area contributed by atoms with Gasteiger partial charge in [0.05, 0.1) is 6.10 Å². The summed E-state index contributed by atoms with van der Waals surface area (Å²) >= 11 is 12.0. The summed E-state index contributed by atoms with van der Waals surface area (Å²) in [7, 11) is 0. The molecule has 0 spiro atoms. The number of carbonyl (C=O) groups excluding carboxylic acids is 1. The van der Waals surface area contributed by atoms with Crippen molar-refractivity contribution in [3.8, 4) is 0 Å². The lowest BCUT2D eigenvalue weighted by Crippen LogP contribution is -2.35. The highest BCUT2D eigenvalue weighted by atomic mass is 35.5. The van der Waals surface area contributed by atoms with Gasteiger partial charge in [0.25, 0.3) is 0 Å². The zero-order valence-corrected chi connectivity index (χ0v) is 13.8. The van der Waals surface area contributed by atoms with E-state index >= 15 is 0 Å². The number of hydrogen-bond acceptors (Lipinski definition) is 2. The first-order valence-electron chi connectivity index (χ1n) is 7.07. The van der Waals surface area contributed by atoms with Gasteiger partial charge in [0.1, 0.15) is 0 Å². The van der Waals surface area contributed by atoms with E-state index < -0.39 is 6.10 Å². The summed E-state index contributed by atoms with van der Waals surface area (Å²) in [6, 6.07) is 5.16. The molecule has 0 aliphatic carbocycles. The molecule has 0 saturated heterocycles. The number of rotatable bonds is 7. The van der Waals surface area contributed by atoms with Crippen LogP contribution in [0.15, 0.2) is 24.3 Å². The first-order valence-corrected chi connectivity index (χ1v) is 7.83. The van der Waals surface area contributed by atoms with Crippen molar-refractivity contribution in [2.45, 2.75) is 32.8 Å². The molecule has 5 heteroatoms. The summed E-state index contributed by atoms with van der Waals surface area (Å²) < 4.78 is 0. The van der Waals surface area contributed by atoms with Gasteiger partial charge in [-0.1, -0.05) is 56.0 Å². The number of amides is 1. The summed E-state index contributed by atoms with van der Waals surface area (Å²) in [6.45, 7) is 4.29. The van der Waals surface area contributed by atoms with Gasteiger partial charge in [0.2, 0.25) is 5.91 Å². The fourth-order valence-corrected chi connectivity index (χ4v) is 2.62. The molecule has 0 aliphatic heterocycles. The van der Waals surface area contributed by atoms with E-state index in [1.807, 2.05) is 13.8 Å². The molecule has 0 saturated carbocycles. The van der Waals surface area contributed by atoms with E-state index in [9.17, 15) is 9.90 Å². The molecule has 3 nitrogen and oxygen atoms in total. The topological polar surface area (TPSA) is 49.3 Å². The fourth-order valence-electron chi connectivity index (χ4n) is 2.09. The molecule has 0 bridgehead atoms. The number of benzene rings is 1. The first kappa shape index (κ1) is 18.0. The van der Waals surface area contributed by atoms with Gasteiger partial charge in [0, 0.05) is 28.2 Å². The van der Waals surface area contributed by atoms with Gasteiger partial charge < -0.3 is 10.4 Å². The third-order valence-electron chi connectivity index (χ3n) is 3.48. The quantitative estimate of drug-likeness (QED) is 0.745. The Labute approximate surface area is 136 Å². The molecule has 21 heavy (non-hydrogen) atoms. The molecular formula is C16H21Cl2NO2. The minimum atomic E-state index is -0.527. The Bertz CT molecular complexity index is 479. The molecule has 1 aromatic carbocycles. The largest absolute Gasteiger partial charge is 0.391 e. The molecule has 0 aliphatic rings. The van der Waals surface area contributed by atoms with Crippen molar-refractivity contribution in [2.75, 3.05) is 6.54 Å². The maximum absolute atomic E-state index is 11.7. The smallest absolute Gasteiger partial charge is 0.244 e. The monoisotopic (exact) mass is 329 g/mol. The summed E-state index contributed by atoms with van der Waals surface area (Å²) in [5, 5.41) is 13.6. The predicted octanol–water partition coefficient (Wildman–Crippen LogP) is 3.92. The molecule has 1 unspecified atom stereocenters. The van der Waals surface area contributed by atoms with Crippen LogP contribution in [0.1, 0.15) is 32.3 Å². The highest BCUT2D eigenvalue weighted by Gasteiger charge is 2.15. The number of aliphatic hydroxyl groups is 1. The fraction of sp³-hybridized carbons (Fsp3) is 0.438. The van der Waals surface area contributed by atoms with Crippen LogP contribution in [-0.2, 0) is 4.79 Å². The maximum atomic E-state index is 11.7. The van der Waals surface area contributed by atoms with Crippen molar-refractivity contribution in [3.05, 3.63) is 39.9 Å². The number of carbonyl (C=O) groups is 1. The number of halogens is 2. The summed E-state index contributed by atoms with van der Waals surface area (Å²) in [5.74, 6) is -0.0803. The van der Waals surface area contributed by atoms with Gasteiger partial charge in [-0.25, -0.2) is 0 Å². The molecule has 1 atom stereocenters. The van der Waals surface area contributed by atoms with E-state index in [1.54, 1.807) is 24.3 Å². The van der Waals surface area contributed by atoms with Crippen molar-refractivity contribution in [1.29, 1.82) is 0 Å². The summed E-state index contributed by atoms with van der Waals surface area (Å²) in [4.78, 5) is 11.7. The average molecular weight is 330 g/mol. The van der Waals surface area contributed by atoms with Gasteiger partial charge in [-0.2, -0.15) is 0 Å². The van der Waals surface area contributed by atoms with Crippen LogP contribution in [0.2, 0.25) is 10.0 Å². The molecule has 1 aromatic rings. The molecular weight excluding hydrogens is 309 g/mol. The molecule has 1 amide bonds. The Morgan fingerprint density at radius 1 is 1.29 bits per heavy atom. The number of nitrogens with one attached hydrogen (secondary N) is 1. The summed E-state index contributed by atoms with van der Waals surface area (Å²) in [5.41, 5.74) is 0.608. The minimum Gasteiger partial charge on any atom is -0.391 e. The van der Waals surface area contributed by atoms with Crippen molar-refractivity contribution in [1.82, 2.24) is 5.32 Å². The minimum absolute atomic E-state index is 0.201. The zero-order chi connectivity index (χ0) is 15.8. The van der Waals surface area contributed by atoms with Crippen LogP contribution in [0, 0.1) is 5.92 Å². The van der Waals surface area contributed by atoms with E-state index in [2.05, 4.69) is 5.32 Å². The van der Waals surface area contributed by atoms with Crippen LogP contribution in [0.25, 0.3) is 6.08 Å². The molecule has 1 rings (SSSR count). The van der Waals surface area contributed by atoms with Crippen LogP contribution in [0.5, 0.6) is 0 Å². The number of hydrogen-bond donors (Lipinski definition) is 2. The third kappa shape index (κ3) is 5.70. The van der Waals surface area contributed by atoms with E-state index in [4.69, 9.17) is 23.2 Å². The van der Waals surface area contributed by atoms with E-state index in [0.29, 0.717) is 15.6 Å². The van der Waals surface area contributed by atoms with Gasteiger partial charge in [0.15, 0.2) is 0 Å². The lowest BCUT2D eigenvalue weighted by molar-refractivity contribution is -0.117. The lowest BCUT2D eigenvalue weighted by atomic mass is 9.96. The summed E-state index contributed by atoms with van der Waals surface area (Å²) in [6.07, 6.45) is 4.19. The standard InChI is InChI=1S/C16H21Cl2NO2/c1-3-11(4-2)15(20)10-19-16(21)9-8-12-13(17)6-5-7-14(12)18/h5-9,11,15,20H,3-4,10H2,1-2H3,(H,19,21)/b9-8+. The second-order valence-electron chi connectivity index (χ2n) is 4.86. The maximum Gasteiger partial charge on any atom is 0.244 e. The Morgan fingerprint density at radius 3 is 2.38 bits per heavy atom. The van der Waals surface area contributed by atoms with Gasteiger partial charge in [-0.15, -0.1) is 0 Å². The molecule has 0 fully saturated rings. The highest BCUT2D eigenvalue weighted by Crippen LogP contribution is 2.25. The van der Waals surface area contributed by atoms with E-state index in [0.717, 1.165) is 12.8 Å². The van der Waals surface area contributed by atoms with Gasteiger partial charge >= 0.3 is 0 Å². The van der Waals surface area contributed by atoms with Crippen molar-refractivity contribution in [3.63, 3.8) is 0 Å². The van der Waals surface area contributed by atoms with E-state index in [1.165, 1.54) is 6.08 Å². The van der Waals surface area contributed by atoms with Crippen LogP contribution in [-0.4, -0.2) is 23.7 Å². The Hall–Kier alpha value is -1.03. The Kier molecular flexibility index (Phi) is 7.79. The molecule has 0 radical (unpaired) electrons. The first-order chi connectivity index (χ1) is 9.99. The van der Waals surface area contributed by atoms with E-state index in [-0.39, 0.29) is 18.4 Å². The molecule has 0 aromatic heterocycles. The highest BCUT2D eigenvalue weighted by molar-refractivity contribution is 6.37. The van der Waals surface area contributed by atoms with Crippen LogP contribution >= 0.6 is 23.2 Å². The van der Waals surface area contributed by atoms with Crippen LogP contribution in [0.4, 0.5) is 0 Å².